The van der Waals surface area contributed by atoms with Crippen LogP contribution >= 0.6 is 0 Å². The third-order valence-electron chi connectivity index (χ3n) is 11.5. The second kappa shape index (κ2) is 6.14. The van der Waals surface area contributed by atoms with E-state index in [0.29, 0.717) is 42.7 Å². The van der Waals surface area contributed by atoms with Gasteiger partial charge >= 0.3 is 0 Å². The van der Waals surface area contributed by atoms with E-state index in [9.17, 15) is 4.79 Å². The van der Waals surface area contributed by atoms with Gasteiger partial charge in [0.2, 0.25) is 0 Å². The Kier molecular flexibility index (Phi) is 3.95. The maximum Gasteiger partial charge on any atom is 0.168 e. The van der Waals surface area contributed by atoms with Crippen molar-refractivity contribution >= 4 is 5.78 Å². The fourth-order valence-corrected chi connectivity index (χ4v) is 10.1. The summed E-state index contributed by atoms with van der Waals surface area (Å²) in [6, 6.07) is 0. The van der Waals surface area contributed by atoms with E-state index in [1.807, 2.05) is 0 Å². The third-order valence-corrected chi connectivity index (χ3v) is 11.5. The molecule has 0 bridgehead atoms. The Bertz CT molecular complexity index is 798. The van der Waals surface area contributed by atoms with Crippen molar-refractivity contribution in [3.8, 4) is 0 Å². The van der Waals surface area contributed by atoms with Gasteiger partial charge in [0.25, 0.3) is 0 Å². The maximum atomic E-state index is 14.0. The van der Waals surface area contributed by atoms with Crippen LogP contribution in [0.3, 0.4) is 0 Å². The molecule has 7 fully saturated rings. The van der Waals surface area contributed by atoms with Crippen LogP contribution < -0.4 is 0 Å². The van der Waals surface area contributed by atoms with Gasteiger partial charge in [-0.3, -0.25) is 4.79 Å². The number of carbonyl (C=O) groups excluding carboxylic acids is 1. The molecule has 31 heavy (non-hydrogen) atoms. The smallest absolute Gasteiger partial charge is 0.168 e. The quantitative estimate of drug-likeness (QED) is 0.614. The predicted molar refractivity (Wildman–Crippen MR) is 113 cm³/mol. The summed E-state index contributed by atoms with van der Waals surface area (Å²) < 4.78 is 24.3. The lowest BCUT2D eigenvalue weighted by Gasteiger charge is -2.59. The number of Topliss-reactive ketones (excluding diaryl/α,β-unsaturated/α-hetero) is 1. The average Bonchev–Trinajstić information content (AvgIpc) is 2.99. The van der Waals surface area contributed by atoms with Gasteiger partial charge in [0.15, 0.2) is 11.6 Å². The molecular weight excluding hydrogens is 392 g/mol. The minimum Gasteiger partial charge on any atom is -0.348 e. The second-order valence-electron chi connectivity index (χ2n) is 12.5. The highest BCUT2D eigenvalue weighted by molar-refractivity contribution is 5.91. The molecule has 2 saturated heterocycles. The summed E-state index contributed by atoms with van der Waals surface area (Å²) in [5, 5.41) is 0. The van der Waals surface area contributed by atoms with Gasteiger partial charge in [0, 0.05) is 30.6 Å². The monoisotopic (exact) mass is 430 g/mol. The molecule has 0 radical (unpaired) electrons. The largest absolute Gasteiger partial charge is 0.348 e. The van der Waals surface area contributed by atoms with Crippen molar-refractivity contribution in [2.75, 3.05) is 26.4 Å². The molecule has 0 aromatic rings. The molecule has 5 nitrogen and oxygen atoms in total. The van der Waals surface area contributed by atoms with Crippen LogP contribution in [0.2, 0.25) is 0 Å². The molecule has 5 saturated carbocycles. The highest BCUT2D eigenvalue weighted by Crippen LogP contribution is 2.84. The van der Waals surface area contributed by atoms with Crippen LogP contribution in [0.25, 0.3) is 0 Å². The molecule has 3 spiro atoms. The molecule has 172 valence electrons. The molecule has 0 aromatic heterocycles. The highest BCUT2D eigenvalue weighted by Gasteiger charge is 2.82. The van der Waals surface area contributed by atoms with Crippen molar-refractivity contribution in [1.82, 2.24) is 0 Å². The Morgan fingerprint density at radius 2 is 1.45 bits per heavy atom. The summed E-state index contributed by atoms with van der Waals surface area (Å²) in [7, 11) is 0. The first kappa shape index (κ1) is 19.9. The molecule has 0 aromatic carbocycles. The lowest BCUT2D eigenvalue weighted by molar-refractivity contribution is -0.220. The maximum absolute atomic E-state index is 14.0. The standard InChI is InChI=1S/C26H38O5/c1-22-13-17(23(2)28-9-10-29-23)3-5-19(22)20-6-4-18-14-25(30-11-12-31-25)8-7-24(18)16-26(20,24)21(27)15-22/h17-20H,3-16H2,1-2H3/t17-,18-,19+,20+,22-,24-,26+/m0/s1. The van der Waals surface area contributed by atoms with Gasteiger partial charge in [0.1, 0.15) is 5.78 Å². The molecule has 5 aliphatic carbocycles. The number of ketones is 1. The molecule has 0 unspecified atom stereocenters. The number of ether oxygens (including phenoxy) is 4. The summed E-state index contributed by atoms with van der Waals surface area (Å²) in [6.07, 6.45) is 11.0. The molecule has 0 amide bonds. The first-order valence-electron chi connectivity index (χ1n) is 12.9. The average molecular weight is 431 g/mol. The van der Waals surface area contributed by atoms with Gasteiger partial charge in [-0.05, 0) is 80.5 Å². The van der Waals surface area contributed by atoms with Crippen molar-refractivity contribution in [2.45, 2.75) is 89.6 Å². The molecule has 7 aliphatic rings. The summed E-state index contributed by atoms with van der Waals surface area (Å²) in [5.74, 6) is 2.13. The second-order valence-corrected chi connectivity index (χ2v) is 12.5. The number of fused-ring (bicyclic) bond motifs is 2. The van der Waals surface area contributed by atoms with Gasteiger partial charge in [-0.15, -0.1) is 0 Å². The van der Waals surface area contributed by atoms with E-state index in [1.165, 1.54) is 25.7 Å². The molecule has 0 N–H and O–H groups in total. The van der Waals surface area contributed by atoms with Crippen molar-refractivity contribution in [1.29, 1.82) is 0 Å². The van der Waals surface area contributed by atoms with Crippen LogP contribution in [0, 0.1) is 39.9 Å². The normalized spacial score (nSPS) is 54.1. The minimum atomic E-state index is -0.441. The molecule has 2 heterocycles. The topological polar surface area (TPSA) is 54.0 Å². The Morgan fingerprint density at radius 1 is 0.774 bits per heavy atom. The van der Waals surface area contributed by atoms with Crippen molar-refractivity contribution in [3.63, 3.8) is 0 Å². The molecular formula is C26H38O5. The van der Waals surface area contributed by atoms with E-state index in [-0.39, 0.29) is 22.0 Å². The van der Waals surface area contributed by atoms with Crippen LogP contribution in [0.5, 0.6) is 0 Å². The van der Waals surface area contributed by atoms with Gasteiger partial charge < -0.3 is 18.9 Å². The minimum absolute atomic E-state index is 0.0165. The Labute approximate surface area is 185 Å². The Morgan fingerprint density at radius 3 is 2.23 bits per heavy atom. The van der Waals surface area contributed by atoms with Gasteiger partial charge in [-0.2, -0.15) is 0 Å². The van der Waals surface area contributed by atoms with E-state index >= 15 is 0 Å². The van der Waals surface area contributed by atoms with Crippen LogP contribution in [0.15, 0.2) is 0 Å². The fourth-order valence-electron chi connectivity index (χ4n) is 10.1. The van der Waals surface area contributed by atoms with E-state index in [2.05, 4.69) is 13.8 Å². The van der Waals surface area contributed by atoms with E-state index in [1.54, 1.807) is 0 Å². The summed E-state index contributed by atoms with van der Waals surface area (Å²) in [6.45, 7) is 7.44. The van der Waals surface area contributed by atoms with E-state index in [4.69, 9.17) is 18.9 Å². The summed E-state index contributed by atoms with van der Waals surface area (Å²) in [5.41, 5.74) is 0.352. The zero-order valence-electron chi connectivity index (χ0n) is 19.3. The SMILES string of the molecule is CC1([C@H]2CC[C@@H]3[C@H]4CC[C@H]5CC6(CC[C@]57C[C@]47C(=O)C[C@]3(C)C2)OCCO6)OCCO1. The van der Waals surface area contributed by atoms with Gasteiger partial charge in [0.05, 0.1) is 26.4 Å². The van der Waals surface area contributed by atoms with E-state index in [0.717, 1.165) is 51.7 Å². The van der Waals surface area contributed by atoms with Crippen molar-refractivity contribution in [2.24, 2.45) is 39.9 Å². The molecule has 7 atom stereocenters. The molecule has 7 rings (SSSR count). The lowest BCUT2D eigenvalue weighted by atomic mass is 9.45. The summed E-state index contributed by atoms with van der Waals surface area (Å²) in [4.78, 5) is 14.0. The zero-order valence-corrected chi connectivity index (χ0v) is 19.3. The number of hydrogen-bond donors (Lipinski definition) is 0. The Hall–Kier alpha value is -0.490. The van der Waals surface area contributed by atoms with Crippen molar-refractivity contribution < 1.29 is 23.7 Å². The number of rotatable bonds is 1. The lowest BCUT2D eigenvalue weighted by Crippen LogP contribution is -2.57. The highest BCUT2D eigenvalue weighted by atomic mass is 16.7. The van der Waals surface area contributed by atoms with Crippen LogP contribution in [-0.2, 0) is 23.7 Å². The van der Waals surface area contributed by atoms with E-state index < -0.39 is 5.79 Å². The Balaban J connectivity index is 1.16. The van der Waals surface area contributed by atoms with Crippen LogP contribution in [0.4, 0.5) is 0 Å². The fraction of sp³-hybridized carbons (Fsp3) is 0.962. The first-order chi connectivity index (χ1) is 14.9. The van der Waals surface area contributed by atoms with Crippen molar-refractivity contribution in [3.05, 3.63) is 0 Å². The van der Waals surface area contributed by atoms with Crippen LogP contribution in [0.1, 0.15) is 78.1 Å². The first-order valence-corrected chi connectivity index (χ1v) is 12.9. The summed E-state index contributed by atoms with van der Waals surface area (Å²) >= 11 is 0. The molecule has 2 aliphatic heterocycles. The van der Waals surface area contributed by atoms with Gasteiger partial charge in [-0.25, -0.2) is 0 Å². The predicted octanol–water partition coefficient (Wildman–Crippen LogP) is 4.47. The number of hydrogen-bond acceptors (Lipinski definition) is 5. The third kappa shape index (κ3) is 2.40. The van der Waals surface area contributed by atoms with Gasteiger partial charge in [-0.1, -0.05) is 6.92 Å². The molecule has 5 heteroatoms. The number of carbonyl (C=O) groups is 1. The zero-order chi connectivity index (χ0) is 21.1. The van der Waals surface area contributed by atoms with Crippen LogP contribution in [-0.4, -0.2) is 43.8 Å².